The fraction of sp³-hybridized carbons (Fsp3) is 0.273. The highest BCUT2D eigenvalue weighted by molar-refractivity contribution is 6.00. The van der Waals surface area contributed by atoms with Crippen LogP contribution in [-0.2, 0) is 16.0 Å². The van der Waals surface area contributed by atoms with Crippen LogP contribution in [0.1, 0.15) is 18.9 Å². The Morgan fingerprint density at radius 2 is 1.89 bits per heavy atom. The number of carbonyl (C=O) groups excluding carboxylic acids is 1. The van der Waals surface area contributed by atoms with E-state index in [9.17, 15) is 18.0 Å². The normalized spacial score (nSPS) is 13.3. The van der Waals surface area contributed by atoms with Crippen molar-refractivity contribution in [3.05, 3.63) is 54.1 Å². The van der Waals surface area contributed by atoms with E-state index >= 15 is 0 Å². The third-order valence-corrected chi connectivity index (χ3v) is 5.57. The number of anilines is 2. The quantitative estimate of drug-likeness (QED) is 0.336. The number of benzene rings is 2. The molecule has 16 heteroatoms. The van der Waals surface area contributed by atoms with Crippen molar-refractivity contribution in [3.63, 3.8) is 0 Å². The van der Waals surface area contributed by atoms with Crippen molar-refractivity contribution < 1.29 is 27.9 Å². The zero-order chi connectivity index (χ0) is 27.3. The van der Waals surface area contributed by atoms with Crippen LogP contribution in [0.5, 0.6) is 0 Å². The predicted octanol–water partition coefficient (Wildman–Crippen LogP) is 2.26. The molecule has 38 heavy (non-hydrogen) atoms. The lowest BCUT2D eigenvalue weighted by molar-refractivity contribution is -0.192. The SMILES string of the molecule is CCC(Nc1nnnn1-c1ccccc1)C(=O)N1CCc2ccc(-c3nn[nH]n3)cc21.O=C(O)C(F)(F)F. The van der Waals surface area contributed by atoms with E-state index in [2.05, 4.69) is 41.5 Å². The Morgan fingerprint density at radius 1 is 1.16 bits per heavy atom. The van der Waals surface area contributed by atoms with Gasteiger partial charge in [0.05, 0.1) is 5.69 Å². The fourth-order valence-electron chi connectivity index (χ4n) is 3.73. The van der Waals surface area contributed by atoms with Gasteiger partial charge >= 0.3 is 12.1 Å². The number of amides is 1. The second kappa shape index (κ2) is 11.0. The molecule has 198 valence electrons. The summed E-state index contributed by atoms with van der Waals surface area (Å²) in [5.41, 5.74) is 3.61. The number of aliphatic carboxylic acids is 1. The number of carbonyl (C=O) groups is 2. The van der Waals surface area contributed by atoms with Crippen molar-refractivity contribution in [1.82, 2.24) is 40.8 Å². The average Bonchev–Trinajstić information content (AvgIpc) is 3.68. The number of hydrogen-bond acceptors (Lipinski definition) is 9. The summed E-state index contributed by atoms with van der Waals surface area (Å²) in [5, 5.41) is 36.4. The molecular weight excluding hydrogens is 509 g/mol. The monoisotopic (exact) mass is 530 g/mol. The van der Waals surface area contributed by atoms with Gasteiger partial charge in [-0.05, 0) is 52.2 Å². The van der Waals surface area contributed by atoms with Crippen LogP contribution in [0, 0.1) is 0 Å². The van der Waals surface area contributed by atoms with E-state index < -0.39 is 18.2 Å². The van der Waals surface area contributed by atoms with Gasteiger partial charge in [-0.2, -0.15) is 23.1 Å². The highest BCUT2D eigenvalue weighted by atomic mass is 19.4. The minimum Gasteiger partial charge on any atom is -0.475 e. The number of para-hydroxylation sites is 1. The molecular formula is C22H21F3N10O3. The Hall–Kier alpha value is -4.89. The van der Waals surface area contributed by atoms with Gasteiger partial charge in [0.25, 0.3) is 0 Å². The summed E-state index contributed by atoms with van der Waals surface area (Å²) in [4.78, 5) is 24.1. The molecule has 3 N–H and O–H groups in total. The second-order valence-corrected chi connectivity index (χ2v) is 7.98. The zero-order valence-electron chi connectivity index (χ0n) is 19.8. The van der Waals surface area contributed by atoms with Gasteiger partial charge in [0.1, 0.15) is 6.04 Å². The number of halogens is 3. The number of nitrogens with zero attached hydrogens (tertiary/aromatic N) is 8. The number of nitrogens with one attached hydrogen (secondary N) is 2. The number of carboxylic acid groups (broad SMARTS) is 1. The van der Waals surface area contributed by atoms with Crippen LogP contribution in [0.25, 0.3) is 17.1 Å². The van der Waals surface area contributed by atoms with Crippen LogP contribution >= 0.6 is 0 Å². The average molecular weight is 530 g/mol. The molecule has 1 unspecified atom stereocenters. The van der Waals surface area contributed by atoms with Crippen molar-refractivity contribution in [2.45, 2.75) is 32.0 Å². The lowest BCUT2D eigenvalue weighted by Crippen LogP contribution is -2.42. The van der Waals surface area contributed by atoms with Gasteiger partial charge in [-0.25, -0.2) is 4.79 Å². The molecule has 0 aliphatic carbocycles. The minimum absolute atomic E-state index is 0.0332. The van der Waals surface area contributed by atoms with E-state index in [-0.39, 0.29) is 5.91 Å². The fourth-order valence-corrected chi connectivity index (χ4v) is 3.73. The van der Waals surface area contributed by atoms with Crippen LogP contribution in [-0.4, -0.2) is 76.6 Å². The maximum atomic E-state index is 13.4. The summed E-state index contributed by atoms with van der Waals surface area (Å²) in [5.74, 6) is -1.87. The zero-order valence-corrected chi connectivity index (χ0v) is 19.8. The van der Waals surface area contributed by atoms with E-state index in [4.69, 9.17) is 9.90 Å². The Bertz CT molecular complexity index is 1390. The molecule has 1 aliphatic heterocycles. The smallest absolute Gasteiger partial charge is 0.475 e. The first kappa shape index (κ1) is 26.2. The highest BCUT2D eigenvalue weighted by Gasteiger charge is 2.38. The number of carboxylic acids is 1. The maximum Gasteiger partial charge on any atom is 0.490 e. The van der Waals surface area contributed by atoms with E-state index in [1.54, 1.807) is 9.58 Å². The molecule has 0 fully saturated rings. The Kier molecular flexibility index (Phi) is 7.59. The first-order valence-corrected chi connectivity index (χ1v) is 11.3. The Labute approximate surface area is 212 Å². The summed E-state index contributed by atoms with van der Waals surface area (Å²) < 4.78 is 33.3. The third-order valence-electron chi connectivity index (χ3n) is 5.57. The predicted molar refractivity (Wildman–Crippen MR) is 126 cm³/mol. The first-order chi connectivity index (χ1) is 18.2. The molecule has 0 saturated heterocycles. The van der Waals surface area contributed by atoms with E-state index in [0.717, 1.165) is 28.9 Å². The summed E-state index contributed by atoms with van der Waals surface area (Å²) >= 11 is 0. The van der Waals surface area contributed by atoms with Gasteiger partial charge in [0, 0.05) is 17.8 Å². The largest absolute Gasteiger partial charge is 0.490 e. The summed E-state index contributed by atoms with van der Waals surface area (Å²) in [7, 11) is 0. The Morgan fingerprint density at radius 3 is 2.53 bits per heavy atom. The van der Waals surface area contributed by atoms with Gasteiger partial charge in [0.2, 0.25) is 17.7 Å². The number of fused-ring (bicyclic) bond motifs is 1. The van der Waals surface area contributed by atoms with Gasteiger partial charge < -0.3 is 15.3 Å². The van der Waals surface area contributed by atoms with Gasteiger partial charge in [-0.15, -0.1) is 10.2 Å². The molecule has 2 aromatic carbocycles. The number of hydrogen-bond donors (Lipinski definition) is 3. The van der Waals surface area contributed by atoms with Crippen molar-refractivity contribution >= 4 is 23.5 Å². The van der Waals surface area contributed by atoms with Gasteiger partial charge in [-0.3, -0.25) is 4.79 Å². The van der Waals surface area contributed by atoms with Crippen LogP contribution in [0.2, 0.25) is 0 Å². The molecule has 13 nitrogen and oxygen atoms in total. The van der Waals surface area contributed by atoms with Crippen LogP contribution in [0.3, 0.4) is 0 Å². The molecule has 1 amide bonds. The summed E-state index contributed by atoms with van der Waals surface area (Å²) in [6.07, 6.45) is -3.71. The van der Waals surface area contributed by atoms with Crippen molar-refractivity contribution in [3.8, 4) is 17.1 Å². The number of rotatable bonds is 6. The molecule has 2 aromatic heterocycles. The van der Waals surface area contributed by atoms with E-state index in [0.29, 0.717) is 24.7 Å². The molecule has 0 spiro atoms. The number of aromatic nitrogens is 8. The Balaban J connectivity index is 0.000000426. The number of H-pyrrole nitrogens is 1. The van der Waals surface area contributed by atoms with Crippen molar-refractivity contribution in [2.75, 3.05) is 16.8 Å². The molecule has 1 aliphatic rings. The topological polar surface area (TPSA) is 168 Å². The number of alkyl halides is 3. The summed E-state index contributed by atoms with van der Waals surface area (Å²) in [6, 6.07) is 15.0. The molecule has 3 heterocycles. The lowest BCUT2D eigenvalue weighted by Gasteiger charge is -2.24. The number of aromatic amines is 1. The number of tetrazole rings is 2. The molecule has 4 aromatic rings. The minimum atomic E-state index is -5.08. The van der Waals surface area contributed by atoms with E-state index in [1.807, 2.05) is 55.5 Å². The molecule has 1 atom stereocenters. The lowest BCUT2D eigenvalue weighted by atomic mass is 10.1. The molecule has 0 radical (unpaired) electrons. The summed E-state index contributed by atoms with van der Waals surface area (Å²) in [6.45, 7) is 2.57. The van der Waals surface area contributed by atoms with Crippen LogP contribution in [0.4, 0.5) is 24.8 Å². The molecule has 5 rings (SSSR count). The standard InChI is InChI=1S/C20H20N10O.C2HF3O2/c1-2-16(21-20-24-27-28-30(20)15-6-4-3-5-7-15)19(31)29-11-10-13-8-9-14(12-17(13)29)18-22-25-26-23-18;3-2(4,5)1(6)7/h3-9,12,16H,2,10-11H2,1H3,(H,21,24,28)(H,22,23,25,26);(H,6,7). The van der Waals surface area contributed by atoms with Crippen LogP contribution in [0.15, 0.2) is 48.5 Å². The first-order valence-electron chi connectivity index (χ1n) is 11.3. The van der Waals surface area contributed by atoms with Gasteiger partial charge in [-0.1, -0.05) is 42.4 Å². The molecule has 0 saturated carbocycles. The molecule has 0 bridgehead atoms. The van der Waals surface area contributed by atoms with Crippen LogP contribution < -0.4 is 10.2 Å². The van der Waals surface area contributed by atoms with E-state index in [1.165, 1.54) is 0 Å². The van der Waals surface area contributed by atoms with Crippen molar-refractivity contribution in [2.24, 2.45) is 0 Å². The second-order valence-electron chi connectivity index (χ2n) is 7.98. The van der Waals surface area contributed by atoms with Gasteiger partial charge in [0.15, 0.2) is 0 Å². The third kappa shape index (κ3) is 5.74. The maximum absolute atomic E-state index is 13.4. The highest BCUT2D eigenvalue weighted by Crippen LogP contribution is 2.32. The van der Waals surface area contributed by atoms with Crippen molar-refractivity contribution in [1.29, 1.82) is 0 Å².